The number of rotatable bonds is 5. The van der Waals surface area contributed by atoms with Gasteiger partial charge in [-0.25, -0.2) is 8.42 Å². The highest BCUT2D eigenvalue weighted by molar-refractivity contribution is 7.90. The third-order valence-electron chi connectivity index (χ3n) is 3.57. The van der Waals surface area contributed by atoms with E-state index in [9.17, 15) is 23.3 Å². The third kappa shape index (κ3) is 3.89. The van der Waals surface area contributed by atoms with Gasteiger partial charge in [0, 0.05) is 18.9 Å². The molecule has 3 rings (SSSR count). The van der Waals surface area contributed by atoms with Crippen LogP contribution in [-0.2, 0) is 16.4 Å². The molecule has 8 nitrogen and oxygen atoms in total. The summed E-state index contributed by atoms with van der Waals surface area (Å²) in [4.78, 5) is 27.4. The number of hydrogen-bond acceptors (Lipinski definition) is 7. The van der Waals surface area contributed by atoms with Crippen molar-refractivity contribution in [2.24, 2.45) is 4.99 Å². The average molecular weight is 423 g/mol. The second kappa shape index (κ2) is 7.18. The molecule has 140 valence electrons. The first-order chi connectivity index (χ1) is 12.7. The first-order valence-corrected chi connectivity index (χ1v) is 11.0. The molecule has 0 radical (unpaired) electrons. The van der Waals surface area contributed by atoms with Gasteiger partial charge in [0.25, 0.3) is 5.91 Å². The highest BCUT2D eigenvalue weighted by atomic mass is 32.2. The Morgan fingerprint density at radius 3 is 2.67 bits per heavy atom. The van der Waals surface area contributed by atoms with Gasteiger partial charge in [0.15, 0.2) is 14.6 Å². The van der Waals surface area contributed by atoms with Crippen LogP contribution >= 0.6 is 22.7 Å². The predicted molar refractivity (Wildman–Crippen MR) is 104 cm³/mol. The quantitative estimate of drug-likeness (QED) is 0.356. The Morgan fingerprint density at radius 2 is 2.07 bits per heavy atom. The largest absolute Gasteiger partial charge is 0.324 e. The van der Waals surface area contributed by atoms with Gasteiger partial charge in [-0.05, 0) is 24.3 Å². The van der Waals surface area contributed by atoms with Gasteiger partial charge in [0.2, 0.25) is 0 Å². The van der Waals surface area contributed by atoms with Gasteiger partial charge in [-0.2, -0.15) is 4.99 Å². The Balaban J connectivity index is 2.14. The summed E-state index contributed by atoms with van der Waals surface area (Å²) in [5, 5.41) is 10.6. The second-order valence-corrected chi connectivity index (χ2v) is 9.58. The predicted octanol–water partition coefficient (Wildman–Crippen LogP) is 3.00. The van der Waals surface area contributed by atoms with Gasteiger partial charge in [0.05, 0.1) is 20.0 Å². The summed E-state index contributed by atoms with van der Waals surface area (Å²) in [5.74, 6) is -0.596. The zero-order chi connectivity index (χ0) is 19.8. The SMILES string of the molecule is C=CCn1c(=NC(=O)c2ccc([N+](=O)[O-])s2)sc2cc(S(C)(=O)=O)ccc21. The van der Waals surface area contributed by atoms with E-state index in [1.807, 2.05) is 0 Å². The topological polar surface area (TPSA) is 112 Å². The number of carbonyl (C=O) groups excluding carboxylic acids is 1. The smallest absolute Gasteiger partial charge is 0.312 e. The van der Waals surface area contributed by atoms with E-state index in [0.29, 0.717) is 16.0 Å². The fourth-order valence-electron chi connectivity index (χ4n) is 2.36. The maximum absolute atomic E-state index is 12.4. The molecule has 27 heavy (non-hydrogen) atoms. The molecular formula is C16H13N3O5S3. The van der Waals surface area contributed by atoms with Crippen molar-refractivity contribution in [1.82, 2.24) is 4.57 Å². The van der Waals surface area contributed by atoms with Gasteiger partial charge in [-0.15, -0.1) is 6.58 Å². The van der Waals surface area contributed by atoms with Gasteiger partial charge in [0.1, 0.15) is 4.88 Å². The zero-order valence-electron chi connectivity index (χ0n) is 14.0. The van der Waals surface area contributed by atoms with Crippen LogP contribution in [0.2, 0.25) is 0 Å². The van der Waals surface area contributed by atoms with Crippen LogP contribution in [0.3, 0.4) is 0 Å². The van der Waals surface area contributed by atoms with E-state index >= 15 is 0 Å². The van der Waals surface area contributed by atoms with Crippen molar-refractivity contribution in [3.63, 3.8) is 0 Å². The number of aromatic nitrogens is 1. The Morgan fingerprint density at radius 1 is 1.33 bits per heavy atom. The van der Waals surface area contributed by atoms with E-state index in [1.165, 1.54) is 24.3 Å². The van der Waals surface area contributed by atoms with Crippen molar-refractivity contribution in [1.29, 1.82) is 0 Å². The standard InChI is InChI=1S/C16H13N3O5S3/c1-3-8-18-11-5-4-10(27(2,23)24)9-13(11)26-16(18)17-15(20)12-6-7-14(25-12)19(21)22/h3-7,9H,1,8H2,2H3. The molecule has 0 unspecified atom stereocenters. The van der Waals surface area contributed by atoms with Crippen molar-refractivity contribution in [3.8, 4) is 0 Å². The number of fused-ring (bicyclic) bond motifs is 1. The molecule has 11 heteroatoms. The molecule has 2 aromatic heterocycles. The number of hydrogen-bond donors (Lipinski definition) is 0. The highest BCUT2D eigenvalue weighted by Gasteiger charge is 2.16. The molecule has 0 aliphatic rings. The monoisotopic (exact) mass is 423 g/mol. The second-order valence-electron chi connectivity index (χ2n) is 5.50. The molecule has 3 aromatic rings. The van der Waals surface area contributed by atoms with Gasteiger partial charge < -0.3 is 4.57 Å². The van der Waals surface area contributed by atoms with Crippen molar-refractivity contribution in [2.75, 3.05) is 6.26 Å². The molecule has 0 spiro atoms. The zero-order valence-corrected chi connectivity index (χ0v) is 16.4. The summed E-state index contributed by atoms with van der Waals surface area (Å²) in [7, 11) is -3.36. The summed E-state index contributed by atoms with van der Waals surface area (Å²) >= 11 is 1.92. The first kappa shape index (κ1) is 19.1. The molecule has 0 saturated heterocycles. The van der Waals surface area contributed by atoms with Crippen LogP contribution in [0.15, 0.2) is 52.9 Å². The molecule has 0 aliphatic heterocycles. The number of thiophene rings is 1. The fraction of sp³-hybridized carbons (Fsp3) is 0.125. The number of allylic oxidation sites excluding steroid dienone is 1. The minimum absolute atomic E-state index is 0.137. The fourth-order valence-corrected chi connectivity index (χ4v) is 4.86. The van der Waals surface area contributed by atoms with E-state index in [-0.39, 0.29) is 14.8 Å². The van der Waals surface area contributed by atoms with Crippen LogP contribution in [0.4, 0.5) is 5.00 Å². The van der Waals surface area contributed by atoms with Crippen LogP contribution in [0.5, 0.6) is 0 Å². The summed E-state index contributed by atoms with van der Waals surface area (Å²) in [6, 6.07) is 7.31. The third-order valence-corrected chi connectivity index (χ3v) is 6.75. The Bertz CT molecular complexity index is 1250. The average Bonchev–Trinajstić information content (AvgIpc) is 3.20. The van der Waals surface area contributed by atoms with E-state index in [4.69, 9.17) is 0 Å². The van der Waals surface area contributed by atoms with Crippen LogP contribution in [-0.4, -0.2) is 30.1 Å². The lowest BCUT2D eigenvalue weighted by molar-refractivity contribution is -0.380. The number of thiazole rings is 1. The summed E-state index contributed by atoms with van der Waals surface area (Å²) in [6.07, 6.45) is 2.76. The summed E-state index contributed by atoms with van der Waals surface area (Å²) in [6.45, 7) is 4.06. The molecular weight excluding hydrogens is 410 g/mol. The van der Waals surface area contributed by atoms with Crippen molar-refractivity contribution >= 4 is 53.6 Å². The highest BCUT2D eigenvalue weighted by Crippen LogP contribution is 2.25. The van der Waals surface area contributed by atoms with E-state index in [0.717, 1.165) is 34.4 Å². The van der Waals surface area contributed by atoms with E-state index in [2.05, 4.69) is 11.6 Å². The molecule has 2 heterocycles. The molecule has 0 atom stereocenters. The van der Waals surface area contributed by atoms with Crippen molar-refractivity contribution in [3.05, 3.63) is 62.8 Å². The maximum Gasteiger partial charge on any atom is 0.324 e. The van der Waals surface area contributed by atoms with Crippen LogP contribution in [0, 0.1) is 10.1 Å². The molecule has 0 saturated carbocycles. The van der Waals surface area contributed by atoms with Crippen molar-refractivity contribution < 1.29 is 18.1 Å². The number of amides is 1. The summed E-state index contributed by atoms with van der Waals surface area (Å²) < 4.78 is 25.9. The number of carbonyl (C=O) groups is 1. The molecule has 0 bridgehead atoms. The van der Waals surface area contributed by atoms with Gasteiger partial charge >= 0.3 is 5.00 Å². The molecule has 1 aromatic carbocycles. The number of sulfone groups is 1. The Hall–Kier alpha value is -2.63. The van der Waals surface area contributed by atoms with Gasteiger partial charge in [-0.3, -0.25) is 14.9 Å². The lowest BCUT2D eigenvalue weighted by Crippen LogP contribution is -2.16. The van der Waals surface area contributed by atoms with E-state index < -0.39 is 20.7 Å². The minimum Gasteiger partial charge on any atom is -0.312 e. The lowest BCUT2D eigenvalue weighted by Gasteiger charge is -2.02. The normalized spacial score (nSPS) is 12.4. The minimum atomic E-state index is -3.36. The molecule has 0 N–H and O–H groups in total. The number of benzene rings is 1. The maximum atomic E-state index is 12.4. The van der Waals surface area contributed by atoms with Crippen LogP contribution in [0.1, 0.15) is 9.67 Å². The van der Waals surface area contributed by atoms with Gasteiger partial charge in [-0.1, -0.05) is 28.7 Å². The number of nitrogens with zero attached hydrogens (tertiary/aromatic N) is 3. The number of nitro groups is 1. The molecule has 1 amide bonds. The Kier molecular flexibility index (Phi) is 5.09. The van der Waals surface area contributed by atoms with E-state index in [1.54, 1.807) is 16.7 Å². The Labute approximate surface area is 161 Å². The van der Waals surface area contributed by atoms with Crippen LogP contribution < -0.4 is 4.80 Å². The first-order valence-electron chi connectivity index (χ1n) is 7.48. The van der Waals surface area contributed by atoms with Crippen LogP contribution in [0.25, 0.3) is 10.2 Å². The summed E-state index contributed by atoms with van der Waals surface area (Å²) in [5.41, 5.74) is 0.719. The molecule has 0 aliphatic carbocycles. The molecule has 0 fully saturated rings. The van der Waals surface area contributed by atoms with Crippen molar-refractivity contribution in [2.45, 2.75) is 11.4 Å². The lowest BCUT2D eigenvalue weighted by atomic mass is 10.3.